The van der Waals surface area contributed by atoms with E-state index in [1.54, 1.807) is 37.4 Å². The van der Waals surface area contributed by atoms with Crippen LogP contribution in [0.3, 0.4) is 0 Å². The number of amides is 2. The number of carbonyl (C=O) groups excluding carboxylic acids is 2. The fourth-order valence-electron chi connectivity index (χ4n) is 2.67. The number of anilines is 1. The Bertz CT molecular complexity index is 987. The highest BCUT2D eigenvalue weighted by Gasteiger charge is 2.10. The van der Waals surface area contributed by atoms with E-state index < -0.39 is 5.82 Å². The first-order valence-corrected chi connectivity index (χ1v) is 8.64. The van der Waals surface area contributed by atoms with E-state index in [1.807, 2.05) is 24.3 Å². The van der Waals surface area contributed by atoms with Crippen molar-refractivity contribution < 1.29 is 18.7 Å². The highest BCUT2D eigenvalue weighted by atomic mass is 19.1. The average Bonchev–Trinajstić information content (AvgIpc) is 2.72. The molecule has 0 saturated carbocycles. The lowest BCUT2D eigenvalue weighted by Gasteiger charge is -2.10. The maximum Gasteiger partial charge on any atom is 0.255 e. The topological polar surface area (TPSA) is 67.4 Å². The molecule has 3 aromatic carbocycles. The van der Waals surface area contributed by atoms with E-state index in [0.29, 0.717) is 29.1 Å². The lowest BCUT2D eigenvalue weighted by molar-refractivity contribution is 0.0949. The van der Waals surface area contributed by atoms with Crippen molar-refractivity contribution in [2.45, 2.75) is 6.54 Å². The van der Waals surface area contributed by atoms with Crippen LogP contribution in [-0.4, -0.2) is 18.9 Å². The fourth-order valence-corrected chi connectivity index (χ4v) is 2.67. The molecule has 0 bridgehead atoms. The van der Waals surface area contributed by atoms with Crippen molar-refractivity contribution in [2.24, 2.45) is 0 Å². The quantitative estimate of drug-likeness (QED) is 0.681. The molecule has 28 heavy (non-hydrogen) atoms. The number of carbonyl (C=O) groups is 2. The number of rotatable bonds is 6. The summed E-state index contributed by atoms with van der Waals surface area (Å²) in [5.74, 6) is -0.374. The van der Waals surface area contributed by atoms with Crippen LogP contribution in [0.1, 0.15) is 26.3 Å². The molecule has 0 aromatic heterocycles. The van der Waals surface area contributed by atoms with Crippen molar-refractivity contribution in [3.8, 4) is 5.75 Å². The van der Waals surface area contributed by atoms with Crippen LogP contribution in [0, 0.1) is 5.82 Å². The van der Waals surface area contributed by atoms with Gasteiger partial charge in [-0.3, -0.25) is 9.59 Å². The van der Waals surface area contributed by atoms with Crippen molar-refractivity contribution in [3.63, 3.8) is 0 Å². The summed E-state index contributed by atoms with van der Waals surface area (Å²) in [6.45, 7) is 0.324. The summed E-state index contributed by atoms with van der Waals surface area (Å²) in [4.78, 5) is 24.6. The molecular weight excluding hydrogens is 359 g/mol. The van der Waals surface area contributed by atoms with E-state index in [-0.39, 0.29) is 11.8 Å². The molecule has 2 amide bonds. The standard InChI is InChI=1S/C22H19FN2O3/c1-28-20-8-3-2-5-17(20)14-24-21(26)15-9-11-16(12-10-15)22(27)25-19-7-4-6-18(23)13-19/h2-13H,14H2,1H3,(H,24,26)(H,25,27). The summed E-state index contributed by atoms with van der Waals surface area (Å²) in [7, 11) is 1.58. The minimum absolute atomic E-state index is 0.261. The fraction of sp³-hybridized carbons (Fsp3) is 0.0909. The predicted molar refractivity (Wildman–Crippen MR) is 105 cm³/mol. The highest BCUT2D eigenvalue weighted by Crippen LogP contribution is 2.17. The molecule has 0 spiro atoms. The molecule has 0 heterocycles. The second-order valence-electron chi connectivity index (χ2n) is 6.04. The van der Waals surface area contributed by atoms with Crippen LogP contribution in [0.4, 0.5) is 10.1 Å². The zero-order valence-electron chi connectivity index (χ0n) is 15.2. The molecule has 6 heteroatoms. The van der Waals surface area contributed by atoms with Gasteiger partial charge in [-0.15, -0.1) is 0 Å². The SMILES string of the molecule is COc1ccccc1CNC(=O)c1ccc(C(=O)Nc2cccc(F)c2)cc1. The molecule has 0 fully saturated rings. The van der Waals surface area contributed by atoms with Crippen LogP contribution in [0.15, 0.2) is 72.8 Å². The third kappa shape index (κ3) is 4.73. The van der Waals surface area contributed by atoms with Crippen molar-refractivity contribution in [1.29, 1.82) is 0 Å². The number of halogens is 1. The molecule has 3 rings (SSSR count). The number of ether oxygens (including phenoxy) is 1. The second-order valence-corrected chi connectivity index (χ2v) is 6.04. The Kier molecular flexibility index (Phi) is 6.01. The summed E-state index contributed by atoms with van der Waals surface area (Å²) >= 11 is 0. The molecule has 0 saturated heterocycles. The Morgan fingerprint density at radius 3 is 2.25 bits per heavy atom. The molecule has 5 nitrogen and oxygen atoms in total. The molecule has 0 aliphatic carbocycles. The Labute approximate surface area is 162 Å². The van der Waals surface area contributed by atoms with E-state index in [1.165, 1.54) is 18.2 Å². The maximum atomic E-state index is 13.2. The van der Waals surface area contributed by atoms with Crippen LogP contribution < -0.4 is 15.4 Å². The molecule has 142 valence electrons. The van der Waals surface area contributed by atoms with Gasteiger partial charge in [-0.25, -0.2) is 4.39 Å². The maximum absolute atomic E-state index is 13.2. The summed E-state index contributed by atoms with van der Waals surface area (Å²) in [6, 6.07) is 19.3. The average molecular weight is 378 g/mol. The molecule has 0 unspecified atom stereocenters. The first-order chi connectivity index (χ1) is 13.6. The first-order valence-electron chi connectivity index (χ1n) is 8.64. The summed E-state index contributed by atoms with van der Waals surface area (Å²) in [5.41, 5.74) is 2.02. The van der Waals surface area contributed by atoms with Gasteiger partial charge in [-0.05, 0) is 48.5 Å². The van der Waals surface area contributed by atoms with Gasteiger partial charge in [0.2, 0.25) is 0 Å². The molecule has 0 atom stereocenters. The molecule has 0 aliphatic rings. The minimum atomic E-state index is -0.431. The number of hydrogen-bond donors (Lipinski definition) is 2. The van der Waals surface area contributed by atoms with Gasteiger partial charge in [-0.1, -0.05) is 24.3 Å². The lowest BCUT2D eigenvalue weighted by Crippen LogP contribution is -2.23. The summed E-state index contributed by atoms with van der Waals surface area (Å²) < 4.78 is 18.5. The zero-order valence-corrected chi connectivity index (χ0v) is 15.2. The summed E-state index contributed by atoms with van der Waals surface area (Å²) in [5, 5.41) is 5.44. The van der Waals surface area contributed by atoms with Gasteiger partial charge in [0.1, 0.15) is 11.6 Å². The number of para-hydroxylation sites is 1. The Morgan fingerprint density at radius 1 is 0.893 bits per heavy atom. The van der Waals surface area contributed by atoms with Gasteiger partial charge >= 0.3 is 0 Å². The van der Waals surface area contributed by atoms with Crippen LogP contribution in [0.2, 0.25) is 0 Å². The minimum Gasteiger partial charge on any atom is -0.496 e. The van der Waals surface area contributed by atoms with E-state index in [0.717, 1.165) is 5.56 Å². The number of hydrogen-bond acceptors (Lipinski definition) is 3. The van der Waals surface area contributed by atoms with E-state index in [9.17, 15) is 14.0 Å². The van der Waals surface area contributed by atoms with Gasteiger partial charge < -0.3 is 15.4 Å². The monoisotopic (exact) mass is 378 g/mol. The predicted octanol–water partition coefficient (Wildman–Crippen LogP) is 4.02. The molecule has 0 radical (unpaired) electrons. The van der Waals surface area contributed by atoms with E-state index >= 15 is 0 Å². The van der Waals surface area contributed by atoms with Crippen molar-refractivity contribution in [2.75, 3.05) is 12.4 Å². The Hall–Kier alpha value is -3.67. The number of nitrogens with one attached hydrogen (secondary N) is 2. The normalized spacial score (nSPS) is 10.2. The van der Waals surface area contributed by atoms with Gasteiger partial charge in [-0.2, -0.15) is 0 Å². The number of benzene rings is 3. The molecule has 0 aliphatic heterocycles. The lowest BCUT2D eigenvalue weighted by atomic mass is 10.1. The molecular formula is C22H19FN2O3. The number of methoxy groups -OCH3 is 1. The smallest absolute Gasteiger partial charge is 0.255 e. The molecule has 2 N–H and O–H groups in total. The van der Waals surface area contributed by atoms with Gasteiger partial charge in [0, 0.05) is 28.9 Å². The van der Waals surface area contributed by atoms with Gasteiger partial charge in [0.05, 0.1) is 7.11 Å². The zero-order chi connectivity index (χ0) is 19.9. The van der Waals surface area contributed by atoms with E-state index in [2.05, 4.69) is 10.6 Å². The Balaban J connectivity index is 1.61. The van der Waals surface area contributed by atoms with Crippen molar-refractivity contribution in [3.05, 3.63) is 95.3 Å². The highest BCUT2D eigenvalue weighted by molar-refractivity contribution is 6.05. The molecule has 3 aromatic rings. The van der Waals surface area contributed by atoms with Crippen LogP contribution >= 0.6 is 0 Å². The van der Waals surface area contributed by atoms with Crippen LogP contribution in [0.25, 0.3) is 0 Å². The third-order valence-corrected chi connectivity index (χ3v) is 4.12. The van der Waals surface area contributed by atoms with Crippen molar-refractivity contribution in [1.82, 2.24) is 5.32 Å². The van der Waals surface area contributed by atoms with Crippen LogP contribution in [-0.2, 0) is 6.54 Å². The van der Waals surface area contributed by atoms with Crippen LogP contribution in [0.5, 0.6) is 5.75 Å². The largest absolute Gasteiger partial charge is 0.496 e. The summed E-state index contributed by atoms with van der Waals surface area (Å²) in [6.07, 6.45) is 0. The van der Waals surface area contributed by atoms with Crippen molar-refractivity contribution >= 4 is 17.5 Å². The first kappa shape index (κ1) is 19.1. The van der Waals surface area contributed by atoms with E-state index in [4.69, 9.17) is 4.74 Å². The third-order valence-electron chi connectivity index (χ3n) is 4.12. The Morgan fingerprint density at radius 2 is 1.57 bits per heavy atom. The van der Waals surface area contributed by atoms with Gasteiger partial charge in [0.25, 0.3) is 11.8 Å². The van der Waals surface area contributed by atoms with Gasteiger partial charge in [0.15, 0.2) is 0 Å². The second kappa shape index (κ2) is 8.81.